The summed E-state index contributed by atoms with van der Waals surface area (Å²) in [7, 11) is 0. The lowest BCUT2D eigenvalue weighted by Gasteiger charge is -2.28. The van der Waals surface area contributed by atoms with Gasteiger partial charge in [-0.25, -0.2) is 0 Å². The molecule has 0 spiro atoms. The Labute approximate surface area is 275 Å². The summed E-state index contributed by atoms with van der Waals surface area (Å²) in [5, 5.41) is 2.25. The monoisotopic (exact) mass is 603 g/mol. The second-order valence-corrected chi connectivity index (χ2v) is 13.0. The Bertz CT molecular complexity index is 2420. The Morgan fingerprint density at radius 1 is 0.426 bits per heavy atom. The van der Waals surface area contributed by atoms with E-state index in [1.807, 2.05) is 6.07 Å². The van der Waals surface area contributed by atoms with Crippen molar-refractivity contribution in [2.75, 3.05) is 4.90 Å². The standard InChI is InChI=1S/C45H33NO/c1-45(2)40-19-11-9-17-35(40)36-26-23-32(27-41(36)45)38-28-39-37-18-10-12-20-43(37)47-44(39)29-42(38)46(33-15-7-4-8-16-33)34-24-21-31(22-25-34)30-13-5-3-6-14-30/h3-29H,1-2H3. The highest BCUT2D eigenvalue weighted by molar-refractivity contribution is 6.09. The van der Waals surface area contributed by atoms with Crippen molar-refractivity contribution >= 4 is 39.0 Å². The zero-order chi connectivity index (χ0) is 31.5. The van der Waals surface area contributed by atoms with Crippen molar-refractivity contribution in [1.82, 2.24) is 0 Å². The number of furan rings is 1. The van der Waals surface area contributed by atoms with Crippen LogP contribution >= 0.6 is 0 Å². The number of benzene rings is 7. The Morgan fingerprint density at radius 2 is 1.04 bits per heavy atom. The van der Waals surface area contributed by atoms with Gasteiger partial charge in [0, 0.05) is 39.2 Å². The molecule has 2 heteroatoms. The van der Waals surface area contributed by atoms with Gasteiger partial charge in [0.15, 0.2) is 0 Å². The van der Waals surface area contributed by atoms with Gasteiger partial charge in [-0.1, -0.05) is 129 Å². The molecule has 0 N–H and O–H groups in total. The fourth-order valence-corrected chi connectivity index (χ4v) is 7.49. The maximum absolute atomic E-state index is 6.51. The van der Waals surface area contributed by atoms with Crippen LogP contribution in [0.15, 0.2) is 168 Å². The molecular formula is C45H33NO. The molecule has 0 unspecified atom stereocenters. The van der Waals surface area contributed by atoms with E-state index in [9.17, 15) is 0 Å². The third-order valence-corrected chi connectivity index (χ3v) is 9.88. The van der Waals surface area contributed by atoms with Crippen molar-refractivity contribution in [3.63, 3.8) is 0 Å². The summed E-state index contributed by atoms with van der Waals surface area (Å²) < 4.78 is 6.51. The van der Waals surface area contributed by atoms with Crippen LogP contribution in [0.25, 0.3) is 55.3 Å². The summed E-state index contributed by atoms with van der Waals surface area (Å²) >= 11 is 0. The molecular weight excluding hydrogens is 571 g/mol. The van der Waals surface area contributed by atoms with Crippen molar-refractivity contribution in [1.29, 1.82) is 0 Å². The van der Waals surface area contributed by atoms with Gasteiger partial charge in [-0.05, 0) is 81.4 Å². The van der Waals surface area contributed by atoms with E-state index >= 15 is 0 Å². The van der Waals surface area contributed by atoms with Gasteiger partial charge in [0.05, 0.1) is 5.69 Å². The second-order valence-electron chi connectivity index (χ2n) is 13.0. The average molecular weight is 604 g/mol. The number of anilines is 3. The molecule has 0 bridgehead atoms. The van der Waals surface area contributed by atoms with Crippen LogP contribution < -0.4 is 4.90 Å². The zero-order valence-corrected chi connectivity index (χ0v) is 26.4. The van der Waals surface area contributed by atoms with Gasteiger partial charge >= 0.3 is 0 Å². The zero-order valence-electron chi connectivity index (χ0n) is 26.4. The summed E-state index contributed by atoms with van der Waals surface area (Å²) in [5.41, 5.74) is 15.1. The number of nitrogens with zero attached hydrogens (tertiary/aromatic N) is 1. The molecule has 224 valence electrons. The van der Waals surface area contributed by atoms with Gasteiger partial charge in [0.2, 0.25) is 0 Å². The maximum atomic E-state index is 6.51. The molecule has 1 aromatic heterocycles. The quantitative estimate of drug-likeness (QED) is 0.195. The number of hydrogen-bond acceptors (Lipinski definition) is 2. The molecule has 9 rings (SSSR count). The van der Waals surface area contributed by atoms with E-state index in [4.69, 9.17) is 4.42 Å². The minimum Gasteiger partial charge on any atom is -0.456 e. The Kier molecular flexibility index (Phi) is 6.20. The van der Waals surface area contributed by atoms with Crippen LogP contribution in [0.5, 0.6) is 0 Å². The minimum atomic E-state index is -0.0963. The van der Waals surface area contributed by atoms with Crippen molar-refractivity contribution < 1.29 is 4.42 Å². The van der Waals surface area contributed by atoms with Crippen LogP contribution in [0.3, 0.4) is 0 Å². The summed E-state index contributed by atoms with van der Waals surface area (Å²) in [6, 6.07) is 58.9. The molecule has 0 atom stereocenters. The lowest BCUT2D eigenvalue weighted by molar-refractivity contribution is 0.660. The average Bonchev–Trinajstić information content (AvgIpc) is 3.60. The molecule has 1 aliphatic rings. The van der Waals surface area contributed by atoms with E-state index in [-0.39, 0.29) is 5.41 Å². The van der Waals surface area contributed by atoms with E-state index in [2.05, 4.69) is 176 Å². The van der Waals surface area contributed by atoms with E-state index in [0.717, 1.165) is 44.6 Å². The molecule has 0 fully saturated rings. The van der Waals surface area contributed by atoms with Gasteiger partial charge in [0.25, 0.3) is 0 Å². The van der Waals surface area contributed by atoms with Gasteiger partial charge < -0.3 is 9.32 Å². The van der Waals surface area contributed by atoms with Gasteiger partial charge in [-0.2, -0.15) is 0 Å². The predicted octanol–water partition coefficient (Wildman–Crippen LogP) is 12.7. The fourth-order valence-electron chi connectivity index (χ4n) is 7.49. The summed E-state index contributed by atoms with van der Waals surface area (Å²) in [6.07, 6.45) is 0. The highest BCUT2D eigenvalue weighted by Gasteiger charge is 2.35. The molecule has 1 heterocycles. The molecule has 0 radical (unpaired) electrons. The van der Waals surface area contributed by atoms with E-state index < -0.39 is 0 Å². The normalized spacial score (nSPS) is 13.1. The smallest absolute Gasteiger partial charge is 0.137 e. The van der Waals surface area contributed by atoms with Crippen LogP contribution in [0.1, 0.15) is 25.0 Å². The van der Waals surface area contributed by atoms with Crippen molar-refractivity contribution in [2.24, 2.45) is 0 Å². The maximum Gasteiger partial charge on any atom is 0.137 e. The molecule has 0 aliphatic heterocycles. The van der Waals surface area contributed by atoms with Crippen molar-refractivity contribution in [3.8, 4) is 33.4 Å². The third kappa shape index (κ3) is 4.40. The first-order chi connectivity index (χ1) is 23.1. The van der Waals surface area contributed by atoms with Crippen LogP contribution in [-0.4, -0.2) is 0 Å². The lowest BCUT2D eigenvalue weighted by atomic mass is 9.81. The summed E-state index contributed by atoms with van der Waals surface area (Å²) in [4.78, 5) is 2.36. The van der Waals surface area contributed by atoms with Crippen LogP contribution in [-0.2, 0) is 5.41 Å². The number of para-hydroxylation sites is 2. The molecule has 8 aromatic rings. The van der Waals surface area contributed by atoms with E-state index in [0.29, 0.717) is 0 Å². The highest BCUT2D eigenvalue weighted by Crippen LogP contribution is 2.51. The number of rotatable bonds is 5. The molecule has 7 aromatic carbocycles. The van der Waals surface area contributed by atoms with Crippen molar-refractivity contribution in [2.45, 2.75) is 19.3 Å². The molecule has 2 nitrogen and oxygen atoms in total. The van der Waals surface area contributed by atoms with E-state index in [1.165, 1.54) is 38.9 Å². The molecule has 1 aliphatic carbocycles. The number of hydrogen-bond donors (Lipinski definition) is 0. The Hall–Kier alpha value is -5.86. The van der Waals surface area contributed by atoms with Crippen LogP contribution in [0.4, 0.5) is 17.1 Å². The van der Waals surface area contributed by atoms with Crippen LogP contribution in [0, 0.1) is 0 Å². The van der Waals surface area contributed by atoms with Gasteiger partial charge in [-0.15, -0.1) is 0 Å². The molecule has 0 saturated carbocycles. The lowest BCUT2D eigenvalue weighted by Crippen LogP contribution is -2.15. The van der Waals surface area contributed by atoms with Crippen LogP contribution in [0.2, 0.25) is 0 Å². The number of fused-ring (bicyclic) bond motifs is 6. The molecule has 47 heavy (non-hydrogen) atoms. The SMILES string of the molecule is CC1(C)c2ccccc2-c2ccc(-c3cc4c(cc3N(c3ccccc3)c3ccc(-c5ccccc5)cc3)oc3ccccc34)cc21. The molecule has 0 saturated heterocycles. The first-order valence-electron chi connectivity index (χ1n) is 16.3. The first kappa shape index (κ1) is 27.5. The van der Waals surface area contributed by atoms with Gasteiger partial charge in [-0.3, -0.25) is 0 Å². The van der Waals surface area contributed by atoms with Crippen molar-refractivity contribution in [3.05, 3.63) is 175 Å². The topological polar surface area (TPSA) is 16.4 Å². The highest BCUT2D eigenvalue weighted by atomic mass is 16.3. The fraction of sp³-hybridized carbons (Fsp3) is 0.0667. The minimum absolute atomic E-state index is 0.0963. The second kappa shape index (κ2) is 10.6. The third-order valence-electron chi connectivity index (χ3n) is 9.88. The predicted molar refractivity (Wildman–Crippen MR) is 197 cm³/mol. The van der Waals surface area contributed by atoms with Gasteiger partial charge in [0.1, 0.15) is 11.2 Å². The Morgan fingerprint density at radius 3 is 1.85 bits per heavy atom. The Balaban J connectivity index is 1.29. The largest absolute Gasteiger partial charge is 0.456 e. The first-order valence-corrected chi connectivity index (χ1v) is 16.3. The summed E-state index contributed by atoms with van der Waals surface area (Å²) in [6.45, 7) is 4.69. The van der Waals surface area contributed by atoms with E-state index in [1.54, 1.807) is 0 Å². The summed E-state index contributed by atoms with van der Waals surface area (Å²) in [5.74, 6) is 0. The molecule has 0 amide bonds.